The van der Waals surface area contributed by atoms with E-state index in [-0.39, 0.29) is 12.3 Å². The molecule has 3 rings (SSSR count). The number of nitrogens with one attached hydrogen (secondary N) is 1. The van der Waals surface area contributed by atoms with Crippen molar-refractivity contribution in [3.05, 3.63) is 81.8 Å². The number of hydrogen-bond donors (Lipinski definition) is 1. The lowest BCUT2D eigenvalue weighted by Gasteiger charge is -2.04. The molecule has 0 spiro atoms. The van der Waals surface area contributed by atoms with Crippen molar-refractivity contribution < 1.29 is 9.53 Å². The van der Waals surface area contributed by atoms with E-state index < -0.39 is 0 Å². The molecule has 1 amide bonds. The summed E-state index contributed by atoms with van der Waals surface area (Å²) in [6.07, 6.45) is 0.286. The molecule has 0 aliphatic carbocycles. The number of aromatic nitrogens is 1. The first kappa shape index (κ1) is 17.2. The van der Waals surface area contributed by atoms with Crippen LogP contribution in [0, 0.1) is 6.92 Å². The summed E-state index contributed by atoms with van der Waals surface area (Å²) < 4.78 is 5.72. The summed E-state index contributed by atoms with van der Waals surface area (Å²) >= 11 is 1.51. The topological polar surface area (TPSA) is 51.2 Å². The number of carbonyl (C=O) groups excluding carboxylic acids is 1. The third-order valence-corrected chi connectivity index (χ3v) is 4.53. The average Bonchev–Trinajstić information content (AvgIpc) is 3.08. The van der Waals surface area contributed by atoms with Crippen LogP contribution in [0.1, 0.15) is 21.8 Å². The van der Waals surface area contributed by atoms with Crippen LogP contribution < -0.4 is 10.1 Å². The number of rotatable bonds is 7. The van der Waals surface area contributed by atoms with E-state index in [9.17, 15) is 4.79 Å². The van der Waals surface area contributed by atoms with Crippen molar-refractivity contribution in [1.29, 1.82) is 0 Å². The van der Waals surface area contributed by atoms with Crippen LogP contribution in [0.4, 0.5) is 0 Å². The molecular weight excluding hydrogens is 332 g/mol. The van der Waals surface area contributed by atoms with Crippen LogP contribution in [0.2, 0.25) is 0 Å². The minimum absolute atomic E-state index is 0.0276. The highest BCUT2D eigenvalue weighted by molar-refractivity contribution is 7.09. The number of nitrogens with zero attached hydrogens (tertiary/aromatic N) is 1. The lowest BCUT2D eigenvalue weighted by Crippen LogP contribution is -2.24. The quantitative estimate of drug-likeness (QED) is 0.702. The number of carbonyl (C=O) groups is 1. The summed E-state index contributed by atoms with van der Waals surface area (Å²) in [6, 6.07) is 17.8. The van der Waals surface area contributed by atoms with E-state index in [1.54, 1.807) is 0 Å². The first-order chi connectivity index (χ1) is 12.2. The van der Waals surface area contributed by atoms with Gasteiger partial charge in [0.1, 0.15) is 17.4 Å². The summed E-state index contributed by atoms with van der Waals surface area (Å²) in [7, 11) is 0. The second kappa shape index (κ2) is 8.44. The molecule has 0 fully saturated rings. The van der Waals surface area contributed by atoms with E-state index in [0.717, 1.165) is 22.0 Å². The van der Waals surface area contributed by atoms with E-state index in [1.807, 2.05) is 66.9 Å². The fourth-order valence-electron chi connectivity index (χ4n) is 2.30. The number of amides is 1. The third kappa shape index (κ3) is 5.43. The van der Waals surface area contributed by atoms with Crippen molar-refractivity contribution in [3.8, 4) is 5.75 Å². The summed E-state index contributed by atoms with van der Waals surface area (Å²) in [6.45, 7) is 2.99. The molecule has 0 atom stereocenters. The number of thiazole rings is 1. The predicted molar refractivity (Wildman–Crippen MR) is 99.6 cm³/mol. The average molecular weight is 352 g/mol. The number of aryl methyl sites for hydroxylation is 1. The van der Waals surface area contributed by atoms with E-state index >= 15 is 0 Å². The van der Waals surface area contributed by atoms with Gasteiger partial charge in [0, 0.05) is 11.9 Å². The highest BCUT2D eigenvalue weighted by Gasteiger charge is 2.08. The maximum absolute atomic E-state index is 12.0. The van der Waals surface area contributed by atoms with E-state index in [4.69, 9.17) is 4.74 Å². The fraction of sp³-hybridized carbons (Fsp3) is 0.200. The van der Waals surface area contributed by atoms with E-state index in [2.05, 4.69) is 10.3 Å². The minimum atomic E-state index is -0.0276. The van der Waals surface area contributed by atoms with Crippen molar-refractivity contribution >= 4 is 17.2 Å². The zero-order chi connectivity index (χ0) is 17.5. The van der Waals surface area contributed by atoms with Crippen molar-refractivity contribution in [2.75, 3.05) is 0 Å². The van der Waals surface area contributed by atoms with Crippen LogP contribution in [0.25, 0.3) is 0 Å². The van der Waals surface area contributed by atoms with Gasteiger partial charge in [-0.1, -0.05) is 48.0 Å². The van der Waals surface area contributed by atoms with Crippen LogP contribution in [0.15, 0.2) is 60.0 Å². The summed E-state index contributed by atoms with van der Waals surface area (Å²) in [5, 5.41) is 5.69. The molecule has 3 aromatic rings. The van der Waals surface area contributed by atoms with Gasteiger partial charge in [0.2, 0.25) is 5.91 Å². The van der Waals surface area contributed by atoms with Gasteiger partial charge in [-0.05, 0) is 24.6 Å². The third-order valence-electron chi connectivity index (χ3n) is 3.66. The Labute approximate surface area is 151 Å². The standard InChI is InChI=1S/C20H20N2O2S/c1-15-7-9-18(10-8-15)24-13-20-22-17(14-25-20)11-19(23)21-12-16-5-3-2-4-6-16/h2-10,14H,11-13H2,1H3,(H,21,23). The first-order valence-electron chi connectivity index (χ1n) is 8.12. The van der Waals surface area contributed by atoms with Gasteiger partial charge in [-0.3, -0.25) is 4.79 Å². The molecule has 4 nitrogen and oxygen atoms in total. The van der Waals surface area contributed by atoms with Gasteiger partial charge in [-0.25, -0.2) is 4.98 Å². The van der Waals surface area contributed by atoms with Crippen LogP contribution in [-0.4, -0.2) is 10.9 Å². The molecule has 0 bridgehead atoms. The summed E-state index contributed by atoms with van der Waals surface area (Å²) in [4.78, 5) is 16.5. The maximum atomic E-state index is 12.0. The molecule has 5 heteroatoms. The molecule has 1 heterocycles. The Kier molecular flexibility index (Phi) is 5.80. The molecule has 1 N–H and O–H groups in total. The smallest absolute Gasteiger partial charge is 0.226 e. The van der Waals surface area contributed by atoms with Crippen molar-refractivity contribution in [3.63, 3.8) is 0 Å². The van der Waals surface area contributed by atoms with Gasteiger partial charge in [-0.2, -0.15) is 0 Å². The molecular formula is C20H20N2O2S. The highest BCUT2D eigenvalue weighted by Crippen LogP contribution is 2.16. The van der Waals surface area contributed by atoms with Gasteiger partial charge < -0.3 is 10.1 Å². The zero-order valence-electron chi connectivity index (χ0n) is 14.1. The Morgan fingerprint density at radius 2 is 1.88 bits per heavy atom. The van der Waals surface area contributed by atoms with Crippen LogP contribution in [0.5, 0.6) is 5.75 Å². The molecule has 128 valence electrons. The number of benzene rings is 2. The molecule has 0 aliphatic rings. The fourth-order valence-corrected chi connectivity index (χ4v) is 3.00. The molecule has 0 aliphatic heterocycles. The highest BCUT2D eigenvalue weighted by atomic mass is 32.1. The van der Waals surface area contributed by atoms with Crippen LogP contribution >= 0.6 is 11.3 Å². The maximum Gasteiger partial charge on any atom is 0.226 e. The second-order valence-electron chi connectivity index (χ2n) is 5.77. The SMILES string of the molecule is Cc1ccc(OCc2nc(CC(=O)NCc3ccccc3)cs2)cc1. The van der Waals surface area contributed by atoms with Crippen molar-refractivity contribution in [1.82, 2.24) is 10.3 Å². The summed E-state index contributed by atoms with van der Waals surface area (Å²) in [5.41, 5.74) is 3.06. The van der Waals surface area contributed by atoms with Crippen molar-refractivity contribution in [2.45, 2.75) is 26.5 Å². The van der Waals surface area contributed by atoms with Gasteiger partial charge in [0.25, 0.3) is 0 Å². The number of ether oxygens (including phenoxy) is 1. The van der Waals surface area contributed by atoms with Gasteiger partial charge in [-0.15, -0.1) is 11.3 Å². The van der Waals surface area contributed by atoms with Gasteiger partial charge >= 0.3 is 0 Å². The Morgan fingerprint density at radius 3 is 2.64 bits per heavy atom. The molecule has 0 radical (unpaired) electrons. The molecule has 2 aromatic carbocycles. The lowest BCUT2D eigenvalue weighted by molar-refractivity contribution is -0.120. The monoisotopic (exact) mass is 352 g/mol. The molecule has 0 unspecified atom stereocenters. The largest absolute Gasteiger partial charge is 0.486 e. The second-order valence-corrected chi connectivity index (χ2v) is 6.72. The Bertz CT molecular complexity index is 813. The Balaban J connectivity index is 1.46. The molecule has 25 heavy (non-hydrogen) atoms. The van der Waals surface area contributed by atoms with Crippen molar-refractivity contribution in [2.24, 2.45) is 0 Å². The van der Waals surface area contributed by atoms with Crippen LogP contribution in [0.3, 0.4) is 0 Å². The molecule has 0 saturated heterocycles. The minimum Gasteiger partial charge on any atom is -0.486 e. The summed E-state index contributed by atoms with van der Waals surface area (Å²) in [5.74, 6) is 0.795. The van der Waals surface area contributed by atoms with Gasteiger partial charge in [0.15, 0.2) is 0 Å². The molecule has 0 saturated carbocycles. The van der Waals surface area contributed by atoms with E-state index in [0.29, 0.717) is 13.2 Å². The lowest BCUT2D eigenvalue weighted by atomic mass is 10.2. The first-order valence-corrected chi connectivity index (χ1v) is 9.00. The normalized spacial score (nSPS) is 10.4. The predicted octanol–water partition coefficient (Wildman–Crippen LogP) is 3.89. The Hall–Kier alpha value is -2.66. The molecule has 1 aromatic heterocycles. The zero-order valence-corrected chi connectivity index (χ0v) is 14.9. The Morgan fingerprint density at radius 1 is 1.12 bits per heavy atom. The van der Waals surface area contributed by atoms with Crippen LogP contribution in [-0.2, 0) is 24.4 Å². The number of hydrogen-bond acceptors (Lipinski definition) is 4. The van der Waals surface area contributed by atoms with E-state index in [1.165, 1.54) is 16.9 Å². The van der Waals surface area contributed by atoms with Gasteiger partial charge in [0.05, 0.1) is 12.1 Å².